The molecule has 0 spiro atoms. The number of aryl methyl sites for hydroxylation is 1. The summed E-state index contributed by atoms with van der Waals surface area (Å²) in [4.78, 5) is 7.00. The summed E-state index contributed by atoms with van der Waals surface area (Å²) in [6.07, 6.45) is 7.57. The van der Waals surface area contributed by atoms with Crippen molar-refractivity contribution < 1.29 is 4.74 Å². The van der Waals surface area contributed by atoms with Gasteiger partial charge in [0.1, 0.15) is 0 Å². The molecule has 7 nitrogen and oxygen atoms in total. The highest BCUT2D eigenvalue weighted by atomic mass is 16.5. The summed E-state index contributed by atoms with van der Waals surface area (Å²) in [5.41, 5.74) is 2.60. The van der Waals surface area contributed by atoms with Crippen LogP contribution in [-0.4, -0.2) is 50.4 Å². The topological polar surface area (TPSA) is 69.0 Å². The number of ether oxygens (including phenoxy) is 1. The average molecular weight is 342 g/mol. The Morgan fingerprint density at radius 3 is 3.04 bits per heavy atom. The molecule has 2 aromatic heterocycles. The second-order valence-corrected chi connectivity index (χ2v) is 7.20. The summed E-state index contributed by atoms with van der Waals surface area (Å²) in [6, 6.07) is 4.59. The Morgan fingerprint density at radius 1 is 1.28 bits per heavy atom. The van der Waals surface area contributed by atoms with Gasteiger partial charge in [0, 0.05) is 26.0 Å². The molecule has 1 saturated heterocycles. The molecule has 0 N–H and O–H groups in total. The van der Waals surface area contributed by atoms with Crippen LogP contribution in [0, 0.1) is 5.92 Å². The summed E-state index contributed by atoms with van der Waals surface area (Å²) >= 11 is 0. The molecule has 3 heterocycles. The molecule has 1 unspecified atom stereocenters. The molecular weight excluding hydrogens is 316 g/mol. The molecule has 0 amide bonds. The zero-order valence-electron chi connectivity index (χ0n) is 14.8. The van der Waals surface area contributed by atoms with Crippen LogP contribution >= 0.6 is 0 Å². The molecule has 0 radical (unpaired) electrons. The number of hydrogen-bond acceptors (Lipinski definition) is 6. The standard InChI is InChI=1S/C18H26N6O/c1-23(16-6-2-4-15-5-3-9-19-18(15)16)13-17-20-21-22-24(17)12-14-7-10-25-11-8-14/h3,5,9,14,16H,2,4,6-8,10-13H2,1H3. The van der Waals surface area contributed by atoms with E-state index in [1.807, 2.05) is 16.9 Å². The second-order valence-electron chi connectivity index (χ2n) is 7.20. The third kappa shape index (κ3) is 3.72. The van der Waals surface area contributed by atoms with Gasteiger partial charge < -0.3 is 4.74 Å². The number of aromatic nitrogens is 5. The van der Waals surface area contributed by atoms with Crippen molar-refractivity contribution in [2.75, 3.05) is 20.3 Å². The maximum Gasteiger partial charge on any atom is 0.165 e. The minimum Gasteiger partial charge on any atom is -0.381 e. The molecule has 2 aliphatic rings. The SMILES string of the molecule is CN(Cc1nnnn1CC1CCOCC1)C1CCCc2cccnc21. The lowest BCUT2D eigenvalue weighted by Crippen LogP contribution is -2.30. The molecule has 1 atom stereocenters. The lowest BCUT2D eigenvalue weighted by molar-refractivity contribution is 0.0593. The van der Waals surface area contributed by atoms with Gasteiger partial charge in [0.15, 0.2) is 5.82 Å². The van der Waals surface area contributed by atoms with Gasteiger partial charge in [-0.2, -0.15) is 0 Å². The van der Waals surface area contributed by atoms with Crippen molar-refractivity contribution in [3.05, 3.63) is 35.4 Å². The zero-order chi connectivity index (χ0) is 17.1. The molecule has 0 saturated carbocycles. The normalized spacial score (nSPS) is 21.4. The van der Waals surface area contributed by atoms with Crippen molar-refractivity contribution in [2.24, 2.45) is 5.92 Å². The van der Waals surface area contributed by atoms with E-state index in [1.54, 1.807) is 0 Å². The molecule has 1 aliphatic carbocycles. The quantitative estimate of drug-likeness (QED) is 0.828. The second kappa shape index (κ2) is 7.58. The van der Waals surface area contributed by atoms with Crippen molar-refractivity contribution in [3.8, 4) is 0 Å². The van der Waals surface area contributed by atoms with E-state index in [9.17, 15) is 0 Å². The van der Waals surface area contributed by atoms with Crippen LogP contribution in [0.25, 0.3) is 0 Å². The first kappa shape index (κ1) is 16.6. The first-order chi connectivity index (χ1) is 12.3. The van der Waals surface area contributed by atoms with E-state index in [0.29, 0.717) is 12.0 Å². The molecule has 2 aromatic rings. The van der Waals surface area contributed by atoms with Crippen LogP contribution in [0.3, 0.4) is 0 Å². The van der Waals surface area contributed by atoms with E-state index < -0.39 is 0 Å². The Kier molecular flexibility index (Phi) is 5.03. The first-order valence-corrected chi connectivity index (χ1v) is 9.28. The van der Waals surface area contributed by atoms with Crippen molar-refractivity contribution >= 4 is 0 Å². The largest absolute Gasteiger partial charge is 0.381 e. The van der Waals surface area contributed by atoms with Gasteiger partial charge in [-0.3, -0.25) is 9.88 Å². The van der Waals surface area contributed by atoms with Gasteiger partial charge >= 0.3 is 0 Å². The number of rotatable bonds is 5. The number of fused-ring (bicyclic) bond motifs is 1. The lowest BCUT2D eigenvalue weighted by atomic mass is 9.91. The minimum absolute atomic E-state index is 0.346. The molecule has 0 bridgehead atoms. The number of tetrazole rings is 1. The maximum absolute atomic E-state index is 5.45. The molecular formula is C18H26N6O. The van der Waals surface area contributed by atoms with Crippen LogP contribution in [0.1, 0.15) is 48.8 Å². The van der Waals surface area contributed by atoms with E-state index >= 15 is 0 Å². The molecule has 4 rings (SSSR count). The van der Waals surface area contributed by atoms with Crippen LogP contribution in [0.2, 0.25) is 0 Å². The van der Waals surface area contributed by atoms with E-state index in [2.05, 4.69) is 38.5 Å². The number of nitrogens with zero attached hydrogens (tertiary/aromatic N) is 6. The number of pyridine rings is 1. The smallest absolute Gasteiger partial charge is 0.165 e. The fourth-order valence-electron chi connectivity index (χ4n) is 4.00. The van der Waals surface area contributed by atoms with E-state index in [0.717, 1.165) is 57.8 Å². The van der Waals surface area contributed by atoms with E-state index in [-0.39, 0.29) is 0 Å². The molecule has 1 aliphatic heterocycles. The predicted molar refractivity (Wildman–Crippen MR) is 92.7 cm³/mol. The van der Waals surface area contributed by atoms with Crippen LogP contribution in [0.15, 0.2) is 18.3 Å². The van der Waals surface area contributed by atoms with Gasteiger partial charge in [0.2, 0.25) is 0 Å². The Morgan fingerprint density at radius 2 is 2.16 bits per heavy atom. The summed E-state index contributed by atoms with van der Waals surface area (Å²) in [5, 5.41) is 12.4. The van der Waals surface area contributed by atoms with Crippen molar-refractivity contribution in [1.82, 2.24) is 30.1 Å². The Labute approximate surface area is 148 Å². The van der Waals surface area contributed by atoms with Gasteiger partial charge in [-0.05, 0) is 67.1 Å². The van der Waals surface area contributed by atoms with Crippen LogP contribution < -0.4 is 0 Å². The minimum atomic E-state index is 0.346. The van der Waals surface area contributed by atoms with Crippen molar-refractivity contribution in [2.45, 2.75) is 51.2 Å². The summed E-state index contributed by atoms with van der Waals surface area (Å²) in [5.74, 6) is 1.55. The fourth-order valence-corrected chi connectivity index (χ4v) is 4.00. The van der Waals surface area contributed by atoms with Crippen LogP contribution in [0.5, 0.6) is 0 Å². The van der Waals surface area contributed by atoms with Crippen molar-refractivity contribution in [3.63, 3.8) is 0 Å². The highest BCUT2D eigenvalue weighted by Gasteiger charge is 2.26. The highest BCUT2D eigenvalue weighted by molar-refractivity contribution is 5.25. The summed E-state index contributed by atoms with van der Waals surface area (Å²) in [6.45, 7) is 3.34. The lowest BCUT2D eigenvalue weighted by Gasteiger charge is -2.32. The van der Waals surface area contributed by atoms with Crippen molar-refractivity contribution in [1.29, 1.82) is 0 Å². The van der Waals surface area contributed by atoms with E-state index in [1.165, 1.54) is 17.7 Å². The molecule has 0 aromatic carbocycles. The van der Waals surface area contributed by atoms with Gasteiger partial charge in [0.05, 0.1) is 18.3 Å². The summed E-state index contributed by atoms with van der Waals surface area (Å²) in [7, 11) is 2.15. The summed E-state index contributed by atoms with van der Waals surface area (Å²) < 4.78 is 7.43. The van der Waals surface area contributed by atoms with E-state index in [4.69, 9.17) is 4.74 Å². The van der Waals surface area contributed by atoms with Gasteiger partial charge in [-0.15, -0.1) is 5.10 Å². The maximum atomic E-state index is 5.45. The van der Waals surface area contributed by atoms with Gasteiger partial charge in [-0.1, -0.05) is 6.07 Å². The average Bonchev–Trinajstić information content (AvgIpc) is 3.08. The van der Waals surface area contributed by atoms with Crippen LogP contribution in [0.4, 0.5) is 0 Å². The first-order valence-electron chi connectivity index (χ1n) is 9.28. The van der Waals surface area contributed by atoms with Gasteiger partial charge in [0.25, 0.3) is 0 Å². The Bertz CT molecular complexity index is 696. The van der Waals surface area contributed by atoms with Crippen LogP contribution in [-0.2, 0) is 24.2 Å². The molecule has 7 heteroatoms. The molecule has 134 valence electrons. The fraction of sp³-hybridized carbons (Fsp3) is 0.667. The monoisotopic (exact) mass is 342 g/mol. The predicted octanol–water partition coefficient (Wildman–Crippen LogP) is 2.00. The Hall–Kier alpha value is -1.86. The Balaban J connectivity index is 1.45. The highest BCUT2D eigenvalue weighted by Crippen LogP contribution is 2.32. The number of hydrogen-bond donors (Lipinski definition) is 0. The molecule has 1 fully saturated rings. The third-order valence-corrected chi connectivity index (χ3v) is 5.47. The molecule has 25 heavy (non-hydrogen) atoms. The zero-order valence-corrected chi connectivity index (χ0v) is 14.8. The van der Waals surface area contributed by atoms with Gasteiger partial charge in [-0.25, -0.2) is 4.68 Å². The third-order valence-electron chi connectivity index (χ3n) is 5.47.